The summed E-state index contributed by atoms with van der Waals surface area (Å²) in [5.41, 5.74) is 0. The van der Waals surface area contributed by atoms with E-state index < -0.39 is 16.0 Å². The maximum Gasteiger partial charge on any atom is 0.285 e. The Morgan fingerprint density at radius 1 is 1.54 bits per heavy atom. The summed E-state index contributed by atoms with van der Waals surface area (Å²) < 4.78 is 25.7. The Morgan fingerprint density at radius 2 is 2.08 bits per heavy atom. The van der Waals surface area contributed by atoms with Crippen LogP contribution in [0.2, 0.25) is 0 Å². The molecule has 1 N–H and O–H groups in total. The van der Waals surface area contributed by atoms with Gasteiger partial charge in [-0.1, -0.05) is 13.8 Å². The molecule has 1 atom stereocenters. The molecule has 0 spiro atoms. The van der Waals surface area contributed by atoms with Crippen molar-refractivity contribution in [3.8, 4) is 0 Å². The van der Waals surface area contributed by atoms with Crippen molar-refractivity contribution in [1.29, 1.82) is 0 Å². The van der Waals surface area contributed by atoms with E-state index in [9.17, 15) is 13.2 Å². The van der Waals surface area contributed by atoms with E-state index in [0.717, 1.165) is 7.11 Å². The third kappa shape index (κ3) is 4.84. The normalized spacial score (nSPS) is 13.8. The van der Waals surface area contributed by atoms with Crippen molar-refractivity contribution >= 4 is 16.0 Å². The molecule has 6 heteroatoms. The van der Waals surface area contributed by atoms with Crippen molar-refractivity contribution in [2.75, 3.05) is 13.0 Å². The molecule has 0 saturated heterocycles. The first kappa shape index (κ1) is 12.4. The van der Waals surface area contributed by atoms with E-state index in [1.165, 1.54) is 0 Å². The third-order valence-electron chi connectivity index (χ3n) is 1.74. The average Bonchev–Trinajstić information content (AvgIpc) is 2.13. The molecule has 1 unspecified atom stereocenters. The van der Waals surface area contributed by atoms with Gasteiger partial charge in [-0.3, -0.25) is 8.98 Å². The predicted molar refractivity (Wildman–Crippen MR) is 48.4 cm³/mol. The molecule has 0 saturated carbocycles. The van der Waals surface area contributed by atoms with Crippen molar-refractivity contribution in [3.63, 3.8) is 0 Å². The Kier molecular flexibility index (Phi) is 4.94. The quantitative estimate of drug-likeness (QED) is 0.651. The molecule has 1 amide bonds. The van der Waals surface area contributed by atoms with Gasteiger partial charge in [0.15, 0.2) is 0 Å². The van der Waals surface area contributed by atoms with Gasteiger partial charge in [0.1, 0.15) is 5.88 Å². The zero-order valence-corrected chi connectivity index (χ0v) is 8.85. The minimum Gasteiger partial charge on any atom is -0.340 e. The van der Waals surface area contributed by atoms with E-state index in [-0.39, 0.29) is 11.8 Å². The van der Waals surface area contributed by atoms with Gasteiger partial charge in [0.25, 0.3) is 10.1 Å². The fraction of sp³-hybridized carbons (Fsp3) is 0.857. The number of rotatable bonds is 5. The number of hydrogen-bond acceptors (Lipinski definition) is 4. The van der Waals surface area contributed by atoms with Crippen LogP contribution in [0.25, 0.3) is 0 Å². The molecular formula is C7H15NO4S. The topological polar surface area (TPSA) is 72.5 Å². The molecule has 0 aromatic heterocycles. The standard InChI is InChI=1S/C7H15NO4S/c1-4-6(2)7(9)8-5-13(10,11)12-3/h6H,4-5H2,1-3H3,(H,8,9). The van der Waals surface area contributed by atoms with Gasteiger partial charge in [0, 0.05) is 5.92 Å². The molecule has 0 aliphatic carbocycles. The van der Waals surface area contributed by atoms with Gasteiger partial charge in [0.05, 0.1) is 7.11 Å². The van der Waals surface area contributed by atoms with E-state index in [1.807, 2.05) is 6.92 Å². The second-order valence-electron chi connectivity index (χ2n) is 2.72. The number of hydrogen-bond donors (Lipinski definition) is 1. The lowest BCUT2D eigenvalue weighted by Gasteiger charge is -2.08. The Bertz CT molecular complexity index is 260. The number of amides is 1. The van der Waals surface area contributed by atoms with Crippen LogP contribution in [0.4, 0.5) is 0 Å². The zero-order chi connectivity index (χ0) is 10.5. The summed E-state index contributed by atoms with van der Waals surface area (Å²) >= 11 is 0. The monoisotopic (exact) mass is 209 g/mol. The average molecular weight is 209 g/mol. The molecule has 0 aromatic carbocycles. The molecule has 78 valence electrons. The fourth-order valence-electron chi connectivity index (χ4n) is 0.578. The fourth-order valence-corrected chi connectivity index (χ4v) is 1.01. The highest BCUT2D eigenvalue weighted by atomic mass is 32.2. The Labute approximate surface area is 78.6 Å². The summed E-state index contributed by atoms with van der Waals surface area (Å²) in [5.74, 6) is -0.915. The smallest absolute Gasteiger partial charge is 0.285 e. The largest absolute Gasteiger partial charge is 0.340 e. The molecule has 0 fully saturated rings. The maximum atomic E-state index is 11.1. The molecule has 5 nitrogen and oxygen atoms in total. The van der Waals surface area contributed by atoms with Gasteiger partial charge in [0.2, 0.25) is 5.91 Å². The van der Waals surface area contributed by atoms with Crippen molar-refractivity contribution in [2.24, 2.45) is 5.92 Å². The zero-order valence-electron chi connectivity index (χ0n) is 8.03. The number of carbonyl (C=O) groups is 1. The number of nitrogens with one attached hydrogen (secondary N) is 1. The van der Waals surface area contributed by atoms with Crippen LogP contribution in [0.1, 0.15) is 20.3 Å². The van der Waals surface area contributed by atoms with Crippen molar-refractivity contribution in [3.05, 3.63) is 0 Å². The van der Waals surface area contributed by atoms with Crippen LogP contribution in [0.3, 0.4) is 0 Å². The summed E-state index contributed by atoms with van der Waals surface area (Å²) in [7, 11) is -2.53. The predicted octanol–water partition coefficient (Wildman–Crippen LogP) is 0.0824. The minimum atomic E-state index is -3.59. The van der Waals surface area contributed by atoms with E-state index in [1.54, 1.807) is 6.92 Å². The Hall–Kier alpha value is -0.620. The lowest BCUT2D eigenvalue weighted by Crippen LogP contribution is -2.33. The van der Waals surface area contributed by atoms with Gasteiger partial charge < -0.3 is 5.32 Å². The highest BCUT2D eigenvalue weighted by Gasteiger charge is 2.14. The lowest BCUT2D eigenvalue weighted by atomic mass is 10.1. The number of carbonyl (C=O) groups excluding carboxylic acids is 1. The van der Waals surface area contributed by atoms with Crippen LogP contribution in [0.15, 0.2) is 0 Å². The Morgan fingerprint density at radius 3 is 2.46 bits per heavy atom. The van der Waals surface area contributed by atoms with Crippen LogP contribution >= 0.6 is 0 Å². The molecule has 0 aromatic rings. The highest BCUT2D eigenvalue weighted by Crippen LogP contribution is 1.99. The Balaban J connectivity index is 3.97. The van der Waals surface area contributed by atoms with Crippen LogP contribution < -0.4 is 5.32 Å². The summed E-state index contributed by atoms with van der Waals surface area (Å²) in [6, 6.07) is 0. The minimum absolute atomic E-state index is 0.174. The van der Waals surface area contributed by atoms with Crippen LogP contribution in [-0.4, -0.2) is 27.3 Å². The summed E-state index contributed by atoms with van der Waals surface area (Å²) in [6.45, 7) is 3.59. The molecule has 0 radical (unpaired) electrons. The van der Waals surface area contributed by atoms with E-state index in [2.05, 4.69) is 9.50 Å². The van der Waals surface area contributed by atoms with Crippen molar-refractivity contribution < 1.29 is 17.4 Å². The third-order valence-corrected chi connectivity index (χ3v) is 2.74. The van der Waals surface area contributed by atoms with Crippen molar-refractivity contribution in [1.82, 2.24) is 5.32 Å². The second-order valence-corrected chi connectivity index (χ2v) is 4.46. The summed E-state index contributed by atoms with van der Waals surface area (Å²) in [5, 5.41) is 2.27. The molecule has 13 heavy (non-hydrogen) atoms. The molecule has 0 aliphatic heterocycles. The highest BCUT2D eigenvalue weighted by molar-refractivity contribution is 7.86. The molecular weight excluding hydrogens is 194 g/mol. The maximum absolute atomic E-state index is 11.1. The second kappa shape index (κ2) is 5.18. The van der Waals surface area contributed by atoms with E-state index in [4.69, 9.17) is 0 Å². The van der Waals surface area contributed by atoms with Gasteiger partial charge in [-0.15, -0.1) is 0 Å². The summed E-state index contributed by atoms with van der Waals surface area (Å²) in [4.78, 5) is 11.1. The van der Waals surface area contributed by atoms with E-state index in [0.29, 0.717) is 6.42 Å². The van der Waals surface area contributed by atoms with Crippen LogP contribution in [-0.2, 0) is 19.1 Å². The van der Waals surface area contributed by atoms with E-state index >= 15 is 0 Å². The molecule has 0 rings (SSSR count). The first-order valence-electron chi connectivity index (χ1n) is 3.99. The van der Waals surface area contributed by atoms with Gasteiger partial charge in [-0.05, 0) is 6.42 Å². The van der Waals surface area contributed by atoms with Gasteiger partial charge >= 0.3 is 0 Å². The summed E-state index contributed by atoms with van der Waals surface area (Å²) in [6.07, 6.45) is 0.679. The van der Waals surface area contributed by atoms with Crippen LogP contribution in [0, 0.1) is 5.92 Å². The first-order valence-corrected chi connectivity index (χ1v) is 5.56. The van der Waals surface area contributed by atoms with Gasteiger partial charge in [-0.2, -0.15) is 8.42 Å². The SMILES string of the molecule is CCC(C)C(=O)NCS(=O)(=O)OC. The van der Waals surface area contributed by atoms with Crippen molar-refractivity contribution in [2.45, 2.75) is 20.3 Å². The first-order chi connectivity index (χ1) is 5.93. The van der Waals surface area contributed by atoms with Gasteiger partial charge in [-0.25, -0.2) is 0 Å². The lowest BCUT2D eigenvalue weighted by molar-refractivity contribution is -0.124. The molecule has 0 aliphatic rings. The van der Waals surface area contributed by atoms with Crippen LogP contribution in [0.5, 0.6) is 0 Å². The molecule has 0 bridgehead atoms. The molecule has 0 heterocycles.